The molecule has 6 heteroatoms. The van der Waals surface area contributed by atoms with Gasteiger partial charge in [0.15, 0.2) is 5.78 Å². The quantitative estimate of drug-likeness (QED) is 0.394. The van der Waals surface area contributed by atoms with E-state index in [-0.39, 0.29) is 5.78 Å². The van der Waals surface area contributed by atoms with Gasteiger partial charge in [-0.15, -0.1) is 5.10 Å². The number of ketones is 1. The first-order valence-electron chi connectivity index (χ1n) is 10.1. The van der Waals surface area contributed by atoms with E-state index in [2.05, 4.69) is 88.3 Å². The normalized spacial score (nSPS) is 11.3. The highest BCUT2D eigenvalue weighted by molar-refractivity contribution is 7.96. The number of rotatable bonds is 9. The molecule has 0 N–H and O–H groups in total. The summed E-state index contributed by atoms with van der Waals surface area (Å²) in [6, 6.07) is 31.5. The molecule has 5 nitrogen and oxygen atoms in total. The van der Waals surface area contributed by atoms with Gasteiger partial charge in [0, 0.05) is 13.0 Å². The van der Waals surface area contributed by atoms with Crippen molar-refractivity contribution in [2.45, 2.75) is 19.4 Å². The standard InChI is InChI=1S/C24H24N4OP/c29-21(11-10-18-28-20-25-26-27-28)19-30(22-12-4-1-5-13-22,23-14-6-2-7-15-23)24-16-8-3-9-17-24/h1-9,12-17,20H,10-11,18-19H2/q+1. The third-order valence-electron chi connectivity index (χ3n) is 5.24. The van der Waals surface area contributed by atoms with E-state index < -0.39 is 7.26 Å². The highest BCUT2D eigenvalue weighted by Gasteiger charge is 2.46. The molecule has 1 aromatic heterocycles. The minimum Gasteiger partial charge on any atom is -0.296 e. The van der Waals surface area contributed by atoms with Crippen molar-refractivity contribution in [1.29, 1.82) is 0 Å². The molecule has 150 valence electrons. The second-order valence-corrected chi connectivity index (χ2v) is 10.7. The van der Waals surface area contributed by atoms with Crippen LogP contribution in [0.15, 0.2) is 97.3 Å². The molecule has 0 unspecified atom stereocenters. The molecule has 0 spiro atoms. The average molecular weight is 415 g/mol. The molecule has 4 aromatic rings. The third-order valence-corrected chi connectivity index (χ3v) is 9.60. The van der Waals surface area contributed by atoms with E-state index in [0.717, 1.165) is 6.42 Å². The number of Topliss-reactive ketones (excluding diaryl/α,β-unsaturated/α-hetero) is 1. The fourth-order valence-corrected chi connectivity index (χ4v) is 8.01. The molecule has 0 aliphatic rings. The first-order chi connectivity index (χ1) is 14.8. The molecule has 0 aliphatic heterocycles. The first kappa shape index (κ1) is 20.1. The first-order valence-corrected chi connectivity index (χ1v) is 12.0. The van der Waals surface area contributed by atoms with E-state index in [1.54, 1.807) is 11.0 Å². The molecule has 1 heterocycles. The maximum Gasteiger partial charge on any atom is 0.171 e. The molecule has 0 saturated heterocycles. The van der Waals surface area contributed by atoms with Gasteiger partial charge in [-0.2, -0.15) is 0 Å². The molecule has 30 heavy (non-hydrogen) atoms. The fourth-order valence-electron chi connectivity index (χ4n) is 3.83. The van der Waals surface area contributed by atoms with Crippen molar-refractivity contribution in [3.05, 3.63) is 97.3 Å². The van der Waals surface area contributed by atoms with Gasteiger partial charge >= 0.3 is 0 Å². The highest BCUT2D eigenvalue weighted by Crippen LogP contribution is 2.55. The van der Waals surface area contributed by atoms with Gasteiger partial charge in [0.1, 0.15) is 35.7 Å². The second kappa shape index (κ2) is 9.55. The molecular weight excluding hydrogens is 391 g/mol. The number of aryl methyl sites for hydroxylation is 1. The largest absolute Gasteiger partial charge is 0.296 e. The van der Waals surface area contributed by atoms with Crippen LogP contribution in [0.5, 0.6) is 0 Å². The summed E-state index contributed by atoms with van der Waals surface area (Å²) in [6.07, 6.45) is 3.33. The van der Waals surface area contributed by atoms with Gasteiger partial charge in [-0.25, -0.2) is 4.68 Å². The third kappa shape index (κ3) is 4.37. The SMILES string of the molecule is O=C(CCCn1cnnn1)C[P+](c1ccccc1)(c1ccccc1)c1ccccc1. The fraction of sp³-hybridized carbons (Fsp3) is 0.167. The van der Waals surface area contributed by atoms with Crippen molar-refractivity contribution in [2.75, 3.05) is 6.16 Å². The lowest BCUT2D eigenvalue weighted by Gasteiger charge is -2.27. The molecular formula is C24H24N4OP+. The number of tetrazole rings is 1. The zero-order valence-electron chi connectivity index (χ0n) is 16.7. The Morgan fingerprint density at radius 1 is 0.767 bits per heavy atom. The minimum atomic E-state index is -2.11. The Kier molecular flexibility index (Phi) is 6.41. The van der Waals surface area contributed by atoms with Crippen molar-refractivity contribution in [2.24, 2.45) is 0 Å². The summed E-state index contributed by atoms with van der Waals surface area (Å²) in [4.78, 5) is 13.3. The smallest absolute Gasteiger partial charge is 0.171 e. The van der Waals surface area contributed by atoms with Gasteiger partial charge in [0.05, 0.1) is 0 Å². The van der Waals surface area contributed by atoms with Gasteiger partial charge in [-0.3, -0.25) is 4.79 Å². The molecule has 3 aromatic carbocycles. The van der Waals surface area contributed by atoms with Gasteiger partial charge in [0.25, 0.3) is 0 Å². The summed E-state index contributed by atoms with van der Waals surface area (Å²) in [5.74, 6) is 0.271. The molecule has 0 fully saturated rings. The van der Waals surface area contributed by atoms with E-state index in [1.165, 1.54) is 15.9 Å². The van der Waals surface area contributed by atoms with Crippen LogP contribution in [0.2, 0.25) is 0 Å². The van der Waals surface area contributed by atoms with E-state index in [4.69, 9.17) is 0 Å². The van der Waals surface area contributed by atoms with E-state index >= 15 is 0 Å². The Morgan fingerprint density at radius 3 is 1.70 bits per heavy atom. The summed E-state index contributed by atoms with van der Waals surface area (Å²) in [5.41, 5.74) is 0. The van der Waals surface area contributed by atoms with Crippen molar-refractivity contribution < 1.29 is 4.79 Å². The van der Waals surface area contributed by atoms with Crippen LogP contribution in [0.25, 0.3) is 0 Å². The monoisotopic (exact) mass is 415 g/mol. The lowest BCUT2D eigenvalue weighted by molar-refractivity contribution is -0.116. The number of hydrogen-bond acceptors (Lipinski definition) is 4. The van der Waals surface area contributed by atoms with Crippen LogP contribution in [-0.4, -0.2) is 32.2 Å². The topological polar surface area (TPSA) is 60.7 Å². The molecule has 4 rings (SSSR count). The number of benzene rings is 3. The number of carbonyl (C=O) groups excluding carboxylic acids is 1. The van der Waals surface area contributed by atoms with Crippen LogP contribution in [0.4, 0.5) is 0 Å². The number of carbonyl (C=O) groups is 1. The van der Waals surface area contributed by atoms with Crippen LogP contribution >= 0.6 is 7.26 Å². The lowest BCUT2D eigenvalue weighted by atomic mass is 10.2. The summed E-state index contributed by atoms with van der Waals surface area (Å²) in [6.45, 7) is 0.645. The van der Waals surface area contributed by atoms with Crippen molar-refractivity contribution in [1.82, 2.24) is 20.2 Å². The molecule has 0 radical (unpaired) electrons. The Labute approximate surface area is 177 Å². The zero-order valence-corrected chi connectivity index (χ0v) is 17.6. The summed E-state index contributed by atoms with van der Waals surface area (Å²) in [5, 5.41) is 14.9. The number of aromatic nitrogens is 4. The second-order valence-electron chi connectivity index (χ2n) is 7.19. The predicted molar refractivity (Wildman–Crippen MR) is 122 cm³/mol. The maximum atomic E-state index is 13.3. The average Bonchev–Trinajstić information content (AvgIpc) is 3.33. The van der Waals surface area contributed by atoms with E-state index in [0.29, 0.717) is 19.1 Å². The molecule has 0 amide bonds. The molecule has 0 saturated carbocycles. The van der Waals surface area contributed by atoms with Crippen LogP contribution in [-0.2, 0) is 11.3 Å². The predicted octanol–water partition coefficient (Wildman–Crippen LogP) is 3.02. The van der Waals surface area contributed by atoms with Crippen LogP contribution in [0, 0.1) is 0 Å². The zero-order chi connectivity index (χ0) is 20.7. The number of hydrogen-bond donors (Lipinski definition) is 0. The van der Waals surface area contributed by atoms with Gasteiger partial charge in [-0.05, 0) is 53.2 Å². The summed E-state index contributed by atoms with van der Waals surface area (Å²) >= 11 is 0. The van der Waals surface area contributed by atoms with E-state index in [1.807, 2.05) is 18.2 Å². The van der Waals surface area contributed by atoms with Gasteiger partial charge < -0.3 is 0 Å². The van der Waals surface area contributed by atoms with E-state index in [9.17, 15) is 4.79 Å². The highest BCUT2D eigenvalue weighted by atomic mass is 31.2. The Bertz CT molecular complexity index is 958. The lowest BCUT2D eigenvalue weighted by Crippen LogP contribution is -2.35. The van der Waals surface area contributed by atoms with Gasteiger partial charge in [-0.1, -0.05) is 54.6 Å². The summed E-state index contributed by atoms with van der Waals surface area (Å²) < 4.78 is 1.67. The molecule has 0 bridgehead atoms. The minimum absolute atomic E-state index is 0.271. The number of nitrogens with zero attached hydrogens (tertiary/aromatic N) is 4. The molecule has 0 atom stereocenters. The van der Waals surface area contributed by atoms with Gasteiger partial charge in [0.2, 0.25) is 0 Å². The Balaban J connectivity index is 1.70. The Morgan fingerprint density at radius 2 is 1.27 bits per heavy atom. The maximum absolute atomic E-state index is 13.3. The van der Waals surface area contributed by atoms with Crippen LogP contribution in [0.3, 0.4) is 0 Å². The van der Waals surface area contributed by atoms with Crippen LogP contribution in [0.1, 0.15) is 12.8 Å². The van der Waals surface area contributed by atoms with Crippen molar-refractivity contribution >= 4 is 29.0 Å². The summed E-state index contributed by atoms with van der Waals surface area (Å²) in [7, 11) is -2.11. The Hall–Kier alpha value is -3.17. The molecule has 0 aliphatic carbocycles. The van der Waals surface area contributed by atoms with Crippen LogP contribution < -0.4 is 15.9 Å². The van der Waals surface area contributed by atoms with Crippen molar-refractivity contribution in [3.63, 3.8) is 0 Å². The van der Waals surface area contributed by atoms with Crippen molar-refractivity contribution in [3.8, 4) is 0 Å².